The Bertz CT molecular complexity index is 560. The molecule has 2 rings (SSSR count). The quantitative estimate of drug-likeness (QED) is 0.620. The summed E-state index contributed by atoms with van der Waals surface area (Å²) in [5.74, 6) is -0.319. The van der Waals surface area contributed by atoms with Crippen LogP contribution < -0.4 is 0 Å². The Hall–Kier alpha value is -1.81. The fraction of sp³-hybridized carbons (Fsp3) is 0.400. The maximum absolute atomic E-state index is 11.7. The highest BCUT2D eigenvalue weighted by molar-refractivity contribution is 5.95. The molecule has 0 spiro atoms. The average Bonchev–Trinajstić information content (AvgIpc) is 2.84. The van der Waals surface area contributed by atoms with Crippen LogP contribution in [0, 0.1) is 0 Å². The Morgan fingerprint density at radius 3 is 2.95 bits per heavy atom. The third-order valence-electron chi connectivity index (χ3n) is 3.09. The first-order chi connectivity index (χ1) is 9.26. The number of aromatic nitrogens is 1. The molecule has 0 aliphatic carbocycles. The summed E-state index contributed by atoms with van der Waals surface area (Å²) in [6.07, 6.45) is 2.62. The molecule has 4 nitrogen and oxygen atoms in total. The zero-order valence-corrected chi connectivity index (χ0v) is 11.1. The Morgan fingerprint density at radius 1 is 1.37 bits per heavy atom. The van der Waals surface area contributed by atoms with Gasteiger partial charge in [-0.3, -0.25) is 0 Å². The van der Waals surface area contributed by atoms with Crippen LogP contribution in [0.5, 0.6) is 0 Å². The van der Waals surface area contributed by atoms with Gasteiger partial charge in [0.05, 0.1) is 6.61 Å². The van der Waals surface area contributed by atoms with E-state index in [0.717, 1.165) is 30.2 Å². The van der Waals surface area contributed by atoms with E-state index in [1.165, 1.54) is 5.56 Å². The first-order valence-electron chi connectivity index (χ1n) is 6.65. The van der Waals surface area contributed by atoms with Crippen LogP contribution in [0.15, 0.2) is 24.3 Å². The number of fused-ring (bicyclic) bond motifs is 1. The zero-order valence-electron chi connectivity index (χ0n) is 11.1. The van der Waals surface area contributed by atoms with Crippen molar-refractivity contribution in [3.63, 3.8) is 0 Å². The van der Waals surface area contributed by atoms with Gasteiger partial charge in [0.2, 0.25) is 0 Å². The molecule has 102 valence electrons. The third kappa shape index (κ3) is 3.15. The van der Waals surface area contributed by atoms with Gasteiger partial charge >= 0.3 is 5.97 Å². The molecule has 0 unspecified atom stereocenters. The largest absolute Gasteiger partial charge is 0.461 e. The second kappa shape index (κ2) is 6.38. The van der Waals surface area contributed by atoms with Crippen molar-refractivity contribution in [1.82, 2.24) is 4.98 Å². The van der Waals surface area contributed by atoms with Gasteiger partial charge in [-0.05, 0) is 37.8 Å². The Labute approximate surface area is 112 Å². The number of aliphatic hydroxyl groups excluding tert-OH is 1. The van der Waals surface area contributed by atoms with E-state index < -0.39 is 0 Å². The number of ether oxygens (including phenoxy) is 1. The summed E-state index contributed by atoms with van der Waals surface area (Å²) >= 11 is 0. The lowest BCUT2D eigenvalue weighted by Crippen LogP contribution is -2.04. The molecule has 0 aliphatic rings. The first kappa shape index (κ1) is 13.6. The van der Waals surface area contributed by atoms with Crippen LogP contribution in [0.2, 0.25) is 0 Å². The summed E-state index contributed by atoms with van der Waals surface area (Å²) in [7, 11) is 0. The average molecular weight is 261 g/mol. The van der Waals surface area contributed by atoms with Crippen molar-refractivity contribution in [3.8, 4) is 0 Å². The minimum absolute atomic E-state index is 0.217. The number of esters is 1. The van der Waals surface area contributed by atoms with Gasteiger partial charge in [-0.1, -0.05) is 18.2 Å². The van der Waals surface area contributed by atoms with Gasteiger partial charge in [0.1, 0.15) is 5.69 Å². The Morgan fingerprint density at radius 2 is 2.21 bits per heavy atom. The number of aromatic amines is 1. The van der Waals surface area contributed by atoms with E-state index in [2.05, 4.69) is 4.98 Å². The number of hydrogen-bond donors (Lipinski definition) is 2. The number of unbranched alkanes of at least 4 members (excludes halogenated alkanes) is 1. The number of aryl methyl sites for hydroxylation is 1. The van der Waals surface area contributed by atoms with Gasteiger partial charge in [-0.25, -0.2) is 4.79 Å². The molecule has 0 amide bonds. The van der Waals surface area contributed by atoms with Crippen LogP contribution in [0.3, 0.4) is 0 Å². The molecule has 19 heavy (non-hydrogen) atoms. The summed E-state index contributed by atoms with van der Waals surface area (Å²) in [6, 6.07) is 7.83. The number of carbonyl (C=O) groups excluding carboxylic acids is 1. The van der Waals surface area contributed by atoms with Gasteiger partial charge in [0.15, 0.2) is 0 Å². The van der Waals surface area contributed by atoms with E-state index in [1.54, 1.807) is 6.92 Å². The molecule has 1 aromatic carbocycles. The van der Waals surface area contributed by atoms with E-state index in [9.17, 15) is 4.79 Å². The van der Waals surface area contributed by atoms with Crippen LogP contribution in [0.1, 0.15) is 35.8 Å². The second-order valence-electron chi connectivity index (χ2n) is 4.47. The summed E-state index contributed by atoms with van der Waals surface area (Å²) in [4.78, 5) is 14.8. The van der Waals surface area contributed by atoms with Crippen molar-refractivity contribution in [1.29, 1.82) is 0 Å². The number of aliphatic hydroxyl groups is 1. The number of rotatable bonds is 6. The van der Waals surface area contributed by atoms with E-state index >= 15 is 0 Å². The summed E-state index contributed by atoms with van der Waals surface area (Å²) in [5, 5.41) is 9.84. The number of H-pyrrole nitrogens is 1. The van der Waals surface area contributed by atoms with E-state index in [4.69, 9.17) is 9.84 Å². The standard InChI is InChI=1S/C15H19NO3/c1-2-19-15(18)13-10-12-8-5-7-11(14(12)16-13)6-3-4-9-17/h5,7-8,10,16-17H,2-4,6,9H2,1H3. The third-order valence-corrected chi connectivity index (χ3v) is 3.09. The van der Waals surface area contributed by atoms with E-state index in [1.807, 2.05) is 24.3 Å². The van der Waals surface area contributed by atoms with Crippen LogP contribution in [-0.4, -0.2) is 29.3 Å². The van der Waals surface area contributed by atoms with Crippen molar-refractivity contribution >= 4 is 16.9 Å². The molecule has 0 bridgehead atoms. The van der Waals surface area contributed by atoms with Crippen molar-refractivity contribution in [2.45, 2.75) is 26.2 Å². The Balaban J connectivity index is 2.26. The van der Waals surface area contributed by atoms with Crippen molar-refractivity contribution < 1.29 is 14.6 Å². The summed E-state index contributed by atoms with van der Waals surface area (Å²) in [5.41, 5.74) is 2.65. The number of hydrogen-bond acceptors (Lipinski definition) is 3. The normalized spacial score (nSPS) is 10.8. The van der Waals surface area contributed by atoms with E-state index in [-0.39, 0.29) is 12.6 Å². The predicted octanol–water partition coefficient (Wildman–Crippen LogP) is 2.66. The summed E-state index contributed by atoms with van der Waals surface area (Å²) < 4.78 is 4.99. The maximum atomic E-state index is 11.7. The molecular weight excluding hydrogens is 242 g/mol. The number of carbonyl (C=O) groups is 1. The second-order valence-corrected chi connectivity index (χ2v) is 4.47. The highest BCUT2D eigenvalue weighted by Gasteiger charge is 2.11. The minimum atomic E-state index is -0.319. The molecule has 0 saturated carbocycles. The van der Waals surface area contributed by atoms with Gasteiger partial charge < -0.3 is 14.8 Å². The fourth-order valence-electron chi connectivity index (χ4n) is 2.17. The monoisotopic (exact) mass is 261 g/mol. The molecule has 1 heterocycles. The Kier molecular flexibility index (Phi) is 4.58. The molecule has 0 aliphatic heterocycles. The van der Waals surface area contributed by atoms with Crippen molar-refractivity contribution in [2.24, 2.45) is 0 Å². The lowest BCUT2D eigenvalue weighted by Gasteiger charge is -2.02. The zero-order chi connectivity index (χ0) is 13.7. The molecule has 2 aromatic rings. The number of nitrogens with one attached hydrogen (secondary N) is 1. The molecule has 1 aromatic heterocycles. The molecule has 0 radical (unpaired) electrons. The molecule has 0 fully saturated rings. The molecule has 0 atom stereocenters. The van der Waals surface area contributed by atoms with Crippen LogP contribution in [0.4, 0.5) is 0 Å². The molecule has 2 N–H and O–H groups in total. The topological polar surface area (TPSA) is 62.3 Å². The van der Waals surface area contributed by atoms with Crippen LogP contribution in [-0.2, 0) is 11.2 Å². The minimum Gasteiger partial charge on any atom is -0.461 e. The van der Waals surface area contributed by atoms with Crippen LogP contribution in [0.25, 0.3) is 10.9 Å². The molecule has 0 saturated heterocycles. The fourth-order valence-corrected chi connectivity index (χ4v) is 2.17. The number of benzene rings is 1. The highest BCUT2D eigenvalue weighted by Crippen LogP contribution is 2.21. The maximum Gasteiger partial charge on any atom is 0.354 e. The van der Waals surface area contributed by atoms with Crippen LogP contribution >= 0.6 is 0 Å². The van der Waals surface area contributed by atoms with Gasteiger partial charge in [0.25, 0.3) is 0 Å². The molecule has 4 heteroatoms. The lowest BCUT2D eigenvalue weighted by atomic mass is 10.1. The highest BCUT2D eigenvalue weighted by atomic mass is 16.5. The SMILES string of the molecule is CCOC(=O)c1cc2cccc(CCCCO)c2[nH]1. The molecular formula is C15H19NO3. The first-order valence-corrected chi connectivity index (χ1v) is 6.65. The van der Waals surface area contributed by atoms with E-state index in [0.29, 0.717) is 12.3 Å². The van der Waals surface area contributed by atoms with Crippen molar-refractivity contribution in [2.75, 3.05) is 13.2 Å². The lowest BCUT2D eigenvalue weighted by molar-refractivity contribution is 0.0520. The predicted molar refractivity (Wildman–Crippen MR) is 74.3 cm³/mol. The number of para-hydroxylation sites is 1. The summed E-state index contributed by atoms with van der Waals surface area (Å²) in [6.45, 7) is 2.38. The van der Waals surface area contributed by atoms with Gasteiger partial charge in [0, 0.05) is 17.5 Å². The van der Waals surface area contributed by atoms with Crippen molar-refractivity contribution in [3.05, 3.63) is 35.5 Å². The van der Waals surface area contributed by atoms with Gasteiger partial charge in [-0.2, -0.15) is 0 Å². The smallest absolute Gasteiger partial charge is 0.354 e. The van der Waals surface area contributed by atoms with Gasteiger partial charge in [-0.15, -0.1) is 0 Å².